The smallest absolute Gasteiger partial charge is 0.174 e. The van der Waals surface area contributed by atoms with Gasteiger partial charge in [0.15, 0.2) is 5.78 Å². The van der Waals surface area contributed by atoms with Gasteiger partial charge < -0.3 is 4.74 Å². The Morgan fingerprint density at radius 3 is 3.00 bits per heavy atom. The molecule has 2 nitrogen and oxygen atoms in total. The SMILES string of the molecule is Cc1cc(C(=O)C2COc3ccccc32)cs1. The highest BCUT2D eigenvalue weighted by atomic mass is 32.1. The molecule has 1 aromatic heterocycles. The first-order chi connectivity index (χ1) is 8.25. The van der Waals surface area contributed by atoms with Crippen molar-refractivity contribution in [3.63, 3.8) is 0 Å². The van der Waals surface area contributed by atoms with Crippen LogP contribution in [0, 0.1) is 6.92 Å². The molecule has 1 aliphatic heterocycles. The maximum atomic E-state index is 12.3. The number of aryl methyl sites for hydroxylation is 1. The summed E-state index contributed by atoms with van der Waals surface area (Å²) in [6.07, 6.45) is 0. The van der Waals surface area contributed by atoms with E-state index in [4.69, 9.17) is 4.74 Å². The molecule has 3 rings (SSSR count). The lowest BCUT2D eigenvalue weighted by Crippen LogP contribution is -2.13. The topological polar surface area (TPSA) is 26.3 Å². The summed E-state index contributed by atoms with van der Waals surface area (Å²) < 4.78 is 5.54. The molecule has 0 aliphatic carbocycles. The summed E-state index contributed by atoms with van der Waals surface area (Å²) in [5, 5.41) is 1.93. The number of carbonyl (C=O) groups is 1. The predicted molar refractivity (Wildman–Crippen MR) is 68.1 cm³/mol. The van der Waals surface area contributed by atoms with Crippen molar-refractivity contribution in [2.75, 3.05) is 6.61 Å². The maximum absolute atomic E-state index is 12.3. The lowest BCUT2D eigenvalue weighted by Gasteiger charge is -2.05. The number of hydrogen-bond acceptors (Lipinski definition) is 3. The van der Waals surface area contributed by atoms with Gasteiger partial charge in [-0.2, -0.15) is 0 Å². The Morgan fingerprint density at radius 1 is 1.41 bits per heavy atom. The van der Waals surface area contributed by atoms with Crippen LogP contribution in [0.3, 0.4) is 0 Å². The molecule has 0 saturated heterocycles. The first-order valence-corrected chi connectivity index (χ1v) is 6.45. The first kappa shape index (κ1) is 10.5. The van der Waals surface area contributed by atoms with Crippen LogP contribution in [0.1, 0.15) is 26.7 Å². The van der Waals surface area contributed by atoms with E-state index in [1.165, 1.54) is 4.88 Å². The summed E-state index contributed by atoms with van der Waals surface area (Å²) in [7, 11) is 0. The van der Waals surface area contributed by atoms with E-state index in [-0.39, 0.29) is 11.7 Å². The van der Waals surface area contributed by atoms with Gasteiger partial charge in [0.05, 0.1) is 5.92 Å². The average Bonchev–Trinajstić information content (AvgIpc) is 2.94. The number of ketones is 1. The Balaban J connectivity index is 1.95. The van der Waals surface area contributed by atoms with E-state index >= 15 is 0 Å². The third-order valence-electron chi connectivity index (χ3n) is 3.03. The minimum Gasteiger partial charge on any atom is -0.492 e. The Bertz CT molecular complexity index is 571. The molecular weight excluding hydrogens is 232 g/mol. The van der Waals surface area contributed by atoms with E-state index in [1.807, 2.05) is 42.6 Å². The van der Waals surface area contributed by atoms with Crippen molar-refractivity contribution in [2.45, 2.75) is 12.8 Å². The zero-order valence-corrected chi connectivity index (χ0v) is 10.3. The van der Waals surface area contributed by atoms with Crippen LogP contribution in [0.4, 0.5) is 0 Å². The van der Waals surface area contributed by atoms with Gasteiger partial charge in [0.1, 0.15) is 12.4 Å². The first-order valence-electron chi connectivity index (χ1n) is 5.57. The molecule has 0 amide bonds. The number of ether oxygens (including phenoxy) is 1. The van der Waals surface area contributed by atoms with Crippen LogP contribution < -0.4 is 4.74 Å². The highest BCUT2D eigenvalue weighted by Crippen LogP contribution is 2.36. The molecular formula is C14H12O2S. The second-order valence-corrected chi connectivity index (χ2v) is 5.33. The van der Waals surface area contributed by atoms with Gasteiger partial charge in [0, 0.05) is 21.4 Å². The Kier molecular flexibility index (Phi) is 2.48. The summed E-state index contributed by atoms with van der Waals surface area (Å²) in [6.45, 7) is 2.48. The number of fused-ring (bicyclic) bond motifs is 1. The van der Waals surface area contributed by atoms with Crippen LogP contribution in [0.15, 0.2) is 35.7 Å². The van der Waals surface area contributed by atoms with Crippen molar-refractivity contribution in [3.05, 3.63) is 51.7 Å². The molecule has 0 radical (unpaired) electrons. The maximum Gasteiger partial charge on any atom is 0.174 e. The molecule has 0 bridgehead atoms. The van der Waals surface area contributed by atoms with Gasteiger partial charge in [-0.15, -0.1) is 11.3 Å². The quantitative estimate of drug-likeness (QED) is 0.757. The average molecular weight is 244 g/mol. The molecule has 1 aromatic carbocycles. The molecule has 1 aliphatic rings. The van der Waals surface area contributed by atoms with Gasteiger partial charge in [0.2, 0.25) is 0 Å². The van der Waals surface area contributed by atoms with Crippen LogP contribution in [-0.4, -0.2) is 12.4 Å². The highest BCUT2D eigenvalue weighted by molar-refractivity contribution is 7.10. The number of Topliss-reactive ketones (excluding diaryl/α,β-unsaturated/α-hetero) is 1. The molecule has 2 aromatic rings. The lowest BCUT2D eigenvalue weighted by atomic mass is 9.93. The summed E-state index contributed by atoms with van der Waals surface area (Å²) >= 11 is 1.61. The zero-order valence-electron chi connectivity index (χ0n) is 9.47. The van der Waals surface area contributed by atoms with Crippen LogP contribution in [0.5, 0.6) is 5.75 Å². The van der Waals surface area contributed by atoms with Gasteiger partial charge in [-0.05, 0) is 19.1 Å². The molecule has 1 unspecified atom stereocenters. The Morgan fingerprint density at radius 2 is 2.24 bits per heavy atom. The number of carbonyl (C=O) groups excluding carboxylic acids is 1. The minimum atomic E-state index is -0.139. The number of thiophene rings is 1. The molecule has 0 N–H and O–H groups in total. The number of hydrogen-bond donors (Lipinski definition) is 0. The zero-order chi connectivity index (χ0) is 11.8. The van der Waals surface area contributed by atoms with Crippen molar-refractivity contribution < 1.29 is 9.53 Å². The summed E-state index contributed by atoms with van der Waals surface area (Å²) in [6, 6.07) is 9.73. The molecule has 2 heterocycles. The molecule has 86 valence electrons. The fourth-order valence-corrected chi connectivity index (χ4v) is 2.85. The fraction of sp³-hybridized carbons (Fsp3) is 0.214. The monoisotopic (exact) mass is 244 g/mol. The largest absolute Gasteiger partial charge is 0.492 e. The van der Waals surface area contributed by atoms with E-state index < -0.39 is 0 Å². The van der Waals surface area contributed by atoms with Gasteiger partial charge in [0.25, 0.3) is 0 Å². The molecule has 0 saturated carbocycles. The van der Waals surface area contributed by atoms with E-state index in [1.54, 1.807) is 11.3 Å². The van der Waals surface area contributed by atoms with Crippen molar-refractivity contribution in [1.82, 2.24) is 0 Å². The molecule has 0 fully saturated rings. The van der Waals surface area contributed by atoms with Crippen LogP contribution in [-0.2, 0) is 0 Å². The van der Waals surface area contributed by atoms with Crippen molar-refractivity contribution in [1.29, 1.82) is 0 Å². The molecule has 3 heteroatoms. The van der Waals surface area contributed by atoms with Gasteiger partial charge in [-0.3, -0.25) is 4.79 Å². The van der Waals surface area contributed by atoms with E-state index in [9.17, 15) is 4.79 Å². The molecule has 0 spiro atoms. The predicted octanol–water partition coefficient (Wildman–Crippen LogP) is 3.42. The Hall–Kier alpha value is -1.61. The van der Waals surface area contributed by atoms with Crippen molar-refractivity contribution in [3.8, 4) is 5.75 Å². The van der Waals surface area contributed by atoms with Crippen LogP contribution in [0.2, 0.25) is 0 Å². The van der Waals surface area contributed by atoms with E-state index in [0.29, 0.717) is 6.61 Å². The summed E-state index contributed by atoms with van der Waals surface area (Å²) in [5.74, 6) is 0.873. The third kappa shape index (κ3) is 1.76. The highest BCUT2D eigenvalue weighted by Gasteiger charge is 2.30. The van der Waals surface area contributed by atoms with Gasteiger partial charge >= 0.3 is 0 Å². The van der Waals surface area contributed by atoms with E-state index in [2.05, 4.69) is 0 Å². The van der Waals surface area contributed by atoms with Crippen molar-refractivity contribution >= 4 is 17.1 Å². The molecule has 17 heavy (non-hydrogen) atoms. The lowest BCUT2D eigenvalue weighted by molar-refractivity contribution is 0.0948. The molecule has 1 atom stereocenters. The number of para-hydroxylation sites is 1. The normalized spacial score (nSPS) is 17.6. The summed E-state index contributed by atoms with van der Waals surface area (Å²) in [4.78, 5) is 13.5. The standard InChI is InChI=1S/C14H12O2S/c1-9-6-10(8-17-9)14(15)12-7-16-13-5-3-2-4-11(12)13/h2-6,8,12H,7H2,1H3. The second kappa shape index (κ2) is 4.00. The second-order valence-electron chi connectivity index (χ2n) is 4.21. The summed E-state index contributed by atoms with van der Waals surface area (Å²) in [5.41, 5.74) is 1.82. The van der Waals surface area contributed by atoms with Crippen LogP contribution >= 0.6 is 11.3 Å². The fourth-order valence-electron chi connectivity index (χ4n) is 2.15. The van der Waals surface area contributed by atoms with Gasteiger partial charge in [-0.25, -0.2) is 0 Å². The number of benzene rings is 1. The minimum absolute atomic E-state index is 0.139. The Labute approximate surface area is 104 Å². The van der Waals surface area contributed by atoms with Crippen molar-refractivity contribution in [2.24, 2.45) is 0 Å². The van der Waals surface area contributed by atoms with Crippen LogP contribution in [0.25, 0.3) is 0 Å². The van der Waals surface area contributed by atoms with E-state index in [0.717, 1.165) is 16.9 Å². The van der Waals surface area contributed by atoms with Gasteiger partial charge in [-0.1, -0.05) is 18.2 Å². The third-order valence-corrected chi connectivity index (χ3v) is 3.89. The number of rotatable bonds is 2.